The molecule has 0 amide bonds. The van der Waals surface area contributed by atoms with Crippen LogP contribution < -0.4 is 0 Å². The van der Waals surface area contributed by atoms with Gasteiger partial charge in [-0.3, -0.25) is 0 Å². The fourth-order valence-electron chi connectivity index (χ4n) is 5.83. The highest BCUT2D eigenvalue weighted by molar-refractivity contribution is 4.82. The van der Waals surface area contributed by atoms with Crippen LogP contribution in [-0.4, -0.2) is 26.0 Å². The SMILES string of the molecule is CCCCCCCC/C=C\CCCCCCCCC(C)(C)CCCCCCCC/C=C\CCCCCCCC.CN(C)C. The van der Waals surface area contributed by atoms with Crippen LogP contribution in [0.4, 0.5) is 0 Å². The molecule has 1 nitrogen and oxygen atoms in total. The minimum absolute atomic E-state index is 0.557. The summed E-state index contributed by atoms with van der Waals surface area (Å²) in [7, 11) is 6.00. The summed E-state index contributed by atoms with van der Waals surface area (Å²) in [5.74, 6) is 0. The molecule has 0 heterocycles. The van der Waals surface area contributed by atoms with Crippen LogP contribution in [-0.2, 0) is 0 Å². The largest absolute Gasteiger partial charge is 0.312 e. The van der Waals surface area contributed by atoms with Gasteiger partial charge in [0.15, 0.2) is 0 Å². The van der Waals surface area contributed by atoms with Crippen LogP contribution in [0.25, 0.3) is 0 Å². The first-order chi connectivity index (χ1) is 20.9. The molecule has 0 bridgehead atoms. The summed E-state index contributed by atoms with van der Waals surface area (Å²) < 4.78 is 0. The molecule has 0 N–H and O–H groups in total. The number of hydrogen-bond donors (Lipinski definition) is 0. The first kappa shape index (κ1) is 44.6. The molecule has 0 saturated carbocycles. The van der Waals surface area contributed by atoms with Crippen molar-refractivity contribution in [3.63, 3.8) is 0 Å². The van der Waals surface area contributed by atoms with Crippen molar-refractivity contribution in [3.8, 4) is 0 Å². The van der Waals surface area contributed by atoms with E-state index in [2.05, 4.69) is 52.0 Å². The molecule has 0 radical (unpaired) electrons. The Balaban J connectivity index is 0. The smallest absolute Gasteiger partial charge is 0.0140 e. The number of rotatable bonds is 32. The van der Waals surface area contributed by atoms with Crippen LogP contribution >= 0.6 is 0 Å². The molecule has 0 spiro atoms. The highest BCUT2D eigenvalue weighted by Crippen LogP contribution is 2.30. The highest BCUT2D eigenvalue weighted by atomic mass is 15.0. The second-order valence-electron chi connectivity index (χ2n) is 14.9. The molecular formula is C42H85N. The molecule has 0 rings (SSSR count). The van der Waals surface area contributed by atoms with Gasteiger partial charge in [0.25, 0.3) is 0 Å². The Morgan fingerprint density at radius 1 is 0.349 bits per heavy atom. The van der Waals surface area contributed by atoms with Crippen molar-refractivity contribution in [2.75, 3.05) is 21.1 Å². The zero-order valence-electron chi connectivity index (χ0n) is 31.5. The molecule has 258 valence electrons. The maximum Gasteiger partial charge on any atom is -0.0140 e. The van der Waals surface area contributed by atoms with E-state index in [9.17, 15) is 0 Å². The van der Waals surface area contributed by atoms with Gasteiger partial charge < -0.3 is 4.90 Å². The molecule has 0 unspecified atom stereocenters. The molecular weight excluding hydrogens is 518 g/mol. The molecule has 0 aromatic heterocycles. The standard InChI is InChI=1S/C39H76.C3H9N/c1-5-7-9-11-13-15-17-19-21-23-25-27-29-31-33-35-37-39(3,4)38-36-34-32-30-28-26-24-22-20-18-16-14-12-10-8-6-2;1-4(2)3/h19-22H,5-18,23-38H2,1-4H3;1-3H3/b21-19-,22-20-;. The van der Waals surface area contributed by atoms with E-state index in [1.807, 2.05) is 26.0 Å². The van der Waals surface area contributed by atoms with Crippen molar-refractivity contribution in [1.29, 1.82) is 0 Å². The first-order valence-corrected chi connectivity index (χ1v) is 19.8. The van der Waals surface area contributed by atoms with Crippen molar-refractivity contribution in [2.24, 2.45) is 5.41 Å². The van der Waals surface area contributed by atoms with Gasteiger partial charge in [0.2, 0.25) is 0 Å². The lowest BCUT2D eigenvalue weighted by Gasteiger charge is -2.24. The Kier molecular flexibility index (Phi) is 39.0. The summed E-state index contributed by atoms with van der Waals surface area (Å²) in [5.41, 5.74) is 0.557. The fourth-order valence-corrected chi connectivity index (χ4v) is 5.83. The third kappa shape index (κ3) is 46.0. The van der Waals surface area contributed by atoms with Gasteiger partial charge in [0.05, 0.1) is 0 Å². The van der Waals surface area contributed by atoms with Crippen molar-refractivity contribution >= 4 is 0 Å². The summed E-state index contributed by atoms with van der Waals surface area (Å²) >= 11 is 0. The summed E-state index contributed by atoms with van der Waals surface area (Å²) in [5, 5.41) is 0. The van der Waals surface area contributed by atoms with E-state index in [4.69, 9.17) is 0 Å². The van der Waals surface area contributed by atoms with Crippen LogP contribution in [0, 0.1) is 5.41 Å². The Morgan fingerprint density at radius 3 is 0.814 bits per heavy atom. The van der Waals surface area contributed by atoms with Gasteiger partial charge in [-0.1, -0.05) is 180 Å². The average Bonchev–Trinajstić information content (AvgIpc) is 2.96. The second kappa shape index (κ2) is 37.6. The number of nitrogens with zero attached hydrogens (tertiary/aromatic N) is 1. The van der Waals surface area contributed by atoms with Crippen LogP contribution in [0.2, 0.25) is 0 Å². The lowest BCUT2D eigenvalue weighted by molar-refractivity contribution is 0.282. The minimum atomic E-state index is 0.557. The van der Waals surface area contributed by atoms with Gasteiger partial charge in [-0.2, -0.15) is 0 Å². The average molecular weight is 604 g/mol. The van der Waals surface area contributed by atoms with E-state index < -0.39 is 0 Å². The lowest BCUT2D eigenvalue weighted by Crippen LogP contribution is -2.11. The predicted octanol–water partition coefficient (Wildman–Crippen LogP) is 15.0. The Hall–Kier alpha value is -0.560. The van der Waals surface area contributed by atoms with Crippen molar-refractivity contribution in [3.05, 3.63) is 24.3 Å². The highest BCUT2D eigenvalue weighted by Gasteiger charge is 2.16. The summed E-state index contributed by atoms with van der Waals surface area (Å²) in [6.07, 6.45) is 52.1. The van der Waals surface area contributed by atoms with E-state index >= 15 is 0 Å². The monoisotopic (exact) mass is 604 g/mol. The van der Waals surface area contributed by atoms with E-state index in [1.54, 1.807) is 0 Å². The number of allylic oxidation sites excluding steroid dienone is 4. The lowest BCUT2D eigenvalue weighted by atomic mass is 9.82. The first-order valence-electron chi connectivity index (χ1n) is 19.8. The maximum atomic E-state index is 2.52. The summed E-state index contributed by atoms with van der Waals surface area (Å²) in [6.45, 7) is 9.63. The molecule has 0 aromatic carbocycles. The number of unbranched alkanes of at least 4 members (excludes halogenated alkanes) is 24. The van der Waals surface area contributed by atoms with Crippen molar-refractivity contribution in [2.45, 2.75) is 220 Å². The molecule has 0 atom stereocenters. The topological polar surface area (TPSA) is 3.24 Å². The molecule has 0 aliphatic rings. The van der Waals surface area contributed by atoms with Crippen molar-refractivity contribution in [1.82, 2.24) is 4.90 Å². The number of hydrogen-bond acceptors (Lipinski definition) is 1. The van der Waals surface area contributed by atoms with Crippen LogP contribution in [0.1, 0.15) is 220 Å². The zero-order valence-corrected chi connectivity index (χ0v) is 31.5. The molecule has 0 aliphatic heterocycles. The summed E-state index contributed by atoms with van der Waals surface area (Å²) in [4.78, 5) is 2.00. The Bertz CT molecular complexity index is 496. The van der Waals surface area contributed by atoms with Crippen LogP contribution in [0.15, 0.2) is 24.3 Å². The fraction of sp³-hybridized carbons (Fsp3) is 0.905. The zero-order chi connectivity index (χ0) is 32.1. The minimum Gasteiger partial charge on any atom is -0.312 e. The molecule has 1 heteroatoms. The predicted molar refractivity (Wildman–Crippen MR) is 202 cm³/mol. The molecule has 0 aliphatic carbocycles. The van der Waals surface area contributed by atoms with Crippen LogP contribution in [0.5, 0.6) is 0 Å². The van der Waals surface area contributed by atoms with Crippen molar-refractivity contribution < 1.29 is 0 Å². The third-order valence-corrected chi connectivity index (χ3v) is 8.73. The molecule has 0 saturated heterocycles. The third-order valence-electron chi connectivity index (χ3n) is 8.73. The van der Waals surface area contributed by atoms with Gasteiger partial charge in [-0.25, -0.2) is 0 Å². The normalized spacial score (nSPS) is 12.1. The van der Waals surface area contributed by atoms with E-state index in [0.29, 0.717) is 5.41 Å². The van der Waals surface area contributed by atoms with Gasteiger partial charge >= 0.3 is 0 Å². The van der Waals surface area contributed by atoms with E-state index in [0.717, 1.165) is 0 Å². The van der Waals surface area contributed by atoms with E-state index in [1.165, 1.54) is 193 Å². The Labute approximate surface area is 275 Å². The van der Waals surface area contributed by atoms with Gasteiger partial charge in [-0.15, -0.1) is 0 Å². The quantitative estimate of drug-likeness (QED) is 0.0546. The molecule has 0 fully saturated rings. The maximum absolute atomic E-state index is 2.52. The Morgan fingerprint density at radius 2 is 0.558 bits per heavy atom. The van der Waals surface area contributed by atoms with Gasteiger partial charge in [0, 0.05) is 0 Å². The molecule has 43 heavy (non-hydrogen) atoms. The van der Waals surface area contributed by atoms with Crippen LogP contribution in [0.3, 0.4) is 0 Å². The summed E-state index contributed by atoms with van der Waals surface area (Å²) in [6, 6.07) is 0. The second-order valence-corrected chi connectivity index (χ2v) is 14.9. The van der Waals surface area contributed by atoms with E-state index in [-0.39, 0.29) is 0 Å². The van der Waals surface area contributed by atoms with Gasteiger partial charge in [-0.05, 0) is 90.8 Å². The van der Waals surface area contributed by atoms with Gasteiger partial charge in [0.1, 0.15) is 0 Å². The molecule has 0 aromatic rings.